The monoisotopic (exact) mass is 944 g/mol. The summed E-state index contributed by atoms with van der Waals surface area (Å²) in [6.07, 6.45) is 1.27. The molecule has 8 amide bonds. The number of carbonyl (C=O) groups excluding carboxylic acids is 8. The molecule has 0 heterocycles. The third-order valence-electron chi connectivity index (χ3n) is 7.63. The van der Waals surface area contributed by atoms with Crippen molar-refractivity contribution in [1.82, 2.24) is 37.2 Å². The summed E-state index contributed by atoms with van der Waals surface area (Å²) in [7, 11) is 2.95. The van der Waals surface area contributed by atoms with E-state index in [2.05, 4.69) is 62.5 Å². The van der Waals surface area contributed by atoms with Gasteiger partial charge in [-0.05, 0) is 19.3 Å². The average Bonchev–Trinajstić information content (AvgIpc) is 3.18. The Labute approximate surface area is 378 Å². The molecular weight excluding hydrogens is 877 g/mol. The van der Waals surface area contributed by atoms with Crippen LogP contribution in [0.2, 0.25) is 0 Å². The minimum absolute atomic E-state index is 0.0487. The molecule has 0 aromatic rings. The number of nitrogens with one attached hydrogen (secondary N) is 7. The molecule has 4 unspecified atom stereocenters. The molecule has 0 aliphatic heterocycles. The molecule has 0 aromatic carbocycles. The van der Waals surface area contributed by atoms with Gasteiger partial charge in [-0.15, -0.1) is 0 Å². The van der Waals surface area contributed by atoms with Crippen molar-refractivity contribution < 1.29 is 57.3 Å². The molecule has 24 heteroatoms. The molecule has 4 atom stereocenters. The van der Waals surface area contributed by atoms with E-state index in [0.29, 0.717) is 19.4 Å². The van der Waals surface area contributed by atoms with E-state index in [4.69, 9.17) is 24.7 Å². The zero-order valence-corrected chi connectivity index (χ0v) is 39.4. The first-order valence-corrected chi connectivity index (χ1v) is 23.6. The lowest BCUT2D eigenvalue weighted by molar-refractivity contribution is -0.131. The molecule has 0 aromatic heterocycles. The summed E-state index contributed by atoms with van der Waals surface area (Å²) in [6, 6.07) is -3.41. The van der Waals surface area contributed by atoms with Crippen molar-refractivity contribution in [1.29, 1.82) is 0 Å². The van der Waals surface area contributed by atoms with Gasteiger partial charge in [0.1, 0.15) is 24.2 Å². The van der Waals surface area contributed by atoms with Gasteiger partial charge in [0.15, 0.2) is 0 Å². The van der Waals surface area contributed by atoms with Crippen molar-refractivity contribution in [3.05, 3.63) is 0 Å². The highest BCUT2D eigenvalue weighted by atomic mass is 33.1. The number of ether oxygens (including phenoxy) is 4. The van der Waals surface area contributed by atoms with Gasteiger partial charge in [-0.2, -0.15) is 25.3 Å². The van der Waals surface area contributed by atoms with Gasteiger partial charge >= 0.3 is 0 Å². The number of rotatable bonds is 36. The highest BCUT2D eigenvalue weighted by molar-refractivity contribution is 8.77. The molecule has 0 saturated heterocycles. The van der Waals surface area contributed by atoms with Crippen LogP contribution in [0.1, 0.15) is 66.7 Å². The second kappa shape index (κ2) is 35.5. The van der Waals surface area contributed by atoms with E-state index in [1.807, 2.05) is 20.8 Å². The number of nitrogens with two attached hydrogens (primary N) is 1. The van der Waals surface area contributed by atoms with Gasteiger partial charge in [-0.3, -0.25) is 38.4 Å². The quantitative estimate of drug-likeness (QED) is 0.0202. The molecule has 20 nitrogen and oxygen atoms in total. The van der Waals surface area contributed by atoms with Crippen LogP contribution in [-0.4, -0.2) is 166 Å². The maximum Gasteiger partial charge on any atom is 0.243 e. The number of unbranched alkanes of at least 4 members (excludes halogenated alkanes) is 1. The van der Waals surface area contributed by atoms with E-state index in [0.717, 1.165) is 0 Å². The molecule has 9 N–H and O–H groups in total. The average molecular weight is 945 g/mol. The van der Waals surface area contributed by atoms with Gasteiger partial charge in [-0.25, -0.2) is 0 Å². The van der Waals surface area contributed by atoms with E-state index >= 15 is 0 Å². The maximum absolute atomic E-state index is 13.3. The van der Waals surface area contributed by atoms with Crippen LogP contribution < -0.4 is 43.0 Å². The van der Waals surface area contributed by atoms with Gasteiger partial charge in [0.25, 0.3) is 0 Å². The number of hydrogen-bond acceptors (Lipinski definition) is 16. The molecule has 0 aliphatic rings. The molecule has 0 aliphatic carbocycles. The molecule has 61 heavy (non-hydrogen) atoms. The number of primary amides is 1. The van der Waals surface area contributed by atoms with Crippen LogP contribution in [0.15, 0.2) is 0 Å². The standard InChI is InChI=1S/C37H68N8O12S4/c1-25(46)42-28(22-58)34(51)40-12-16-56-20-18-54-14-9-31(48)39-11-7-6-8-27(36(53)45-30(33(38)50)24-60-61-37(3,4)5)44-32(49)10-15-55-19-21-57-17-13-41-35(52)29(23-59)43-26(2)47/h27-30,58-59H,6-24H2,1-5H3,(H2,38,50)(H,39,48)(H,40,51)(H,41,52)(H,42,46)(H,43,47)(H,44,49)(H,45,53). The van der Waals surface area contributed by atoms with Gasteiger partial charge in [0, 0.05) is 68.3 Å². The Morgan fingerprint density at radius 1 is 0.557 bits per heavy atom. The first-order valence-electron chi connectivity index (χ1n) is 20.0. The zero-order chi connectivity index (χ0) is 46.1. The van der Waals surface area contributed by atoms with Crippen molar-refractivity contribution in [3.8, 4) is 0 Å². The van der Waals surface area contributed by atoms with Crippen molar-refractivity contribution >= 4 is 94.1 Å². The van der Waals surface area contributed by atoms with Crippen LogP contribution >= 0.6 is 46.8 Å². The summed E-state index contributed by atoms with van der Waals surface area (Å²) in [6.45, 7) is 11.0. The van der Waals surface area contributed by atoms with Crippen LogP contribution in [0.3, 0.4) is 0 Å². The highest BCUT2D eigenvalue weighted by Gasteiger charge is 2.26. The smallest absolute Gasteiger partial charge is 0.243 e. The fourth-order valence-electron chi connectivity index (χ4n) is 4.66. The molecule has 352 valence electrons. The Hall–Kier alpha value is -3.00. The van der Waals surface area contributed by atoms with E-state index < -0.39 is 41.9 Å². The Kier molecular flexibility index (Phi) is 33.7. The normalized spacial score (nSPS) is 13.2. The van der Waals surface area contributed by atoms with Crippen LogP contribution in [0.25, 0.3) is 0 Å². The molecule has 0 spiro atoms. The van der Waals surface area contributed by atoms with Gasteiger partial charge in [0.2, 0.25) is 47.3 Å². The second-order valence-electron chi connectivity index (χ2n) is 14.3. The van der Waals surface area contributed by atoms with Crippen molar-refractivity contribution in [2.24, 2.45) is 5.73 Å². The van der Waals surface area contributed by atoms with Crippen LogP contribution in [0.4, 0.5) is 0 Å². The number of carbonyl (C=O) groups is 8. The van der Waals surface area contributed by atoms with Crippen molar-refractivity contribution in [2.75, 3.05) is 89.7 Å². The van der Waals surface area contributed by atoms with Gasteiger partial charge in [0.05, 0.1) is 52.9 Å². The second-order valence-corrected chi connectivity index (χ2v) is 18.2. The fraction of sp³-hybridized carbons (Fsp3) is 0.784. The Bertz CT molecular complexity index is 1350. The highest BCUT2D eigenvalue weighted by Crippen LogP contribution is 2.35. The number of thiol groups is 2. The first-order chi connectivity index (χ1) is 28.9. The molecule has 0 rings (SSSR count). The fourth-order valence-corrected chi connectivity index (χ4v) is 7.66. The minimum atomic E-state index is -0.975. The van der Waals surface area contributed by atoms with Gasteiger partial charge < -0.3 is 61.9 Å². The third kappa shape index (κ3) is 33.3. The zero-order valence-electron chi connectivity index (χ0n) is 35.9. The Balaban J connectivity index is 4.66. The summed E-state index contributed by atoms with van der Waals surface area (Å²) in [4.78, 5) is 97.1. The minimum Gasteiger partial charge on any atom is -0.379 e. The maximum atomic E-state index is 13.3. The largest absolute Gasteiger partial charge is 0.379 e. The predicted octanol–water partition coefficient (Wildman–Crippen LogP) is -1.14. The summed E-state index contributed by atoms with van der Waals surface area (Å²) in [5, 5.41) is 18.5. The van der Waals surface area contributed by atoms with E-state index in [9.17, 15) is 38.4 Å². The topological polar surface area (TPSA) is 284 Å². The molecule has 0 fully saturated rings. The van der Waals surface area contributed by atoms with Crippen LogP contribution in [0.5, 0.6) is 0 Å². The van der Waals surface area contributed by atoms with Crippen LogP contribution in [-0.2, 0) is 57.3 Å². The lowest BCUT2D eigenvalue weighted by Gasteiger charge is -2.23. The number of amides is 8. The molecular formula is C37H68N8O12S4. The predicted molar refractivity (Wildman–Crippen MR) is 241 cm³/mol. The van der Waals surface area contributed by atoms with Gasteiger partial charge in [-0.1, -0.05) is 42.4 Å². The molecule has 0 saturated carbocycles. The summed E-state index contributed by atoms with van der Waals surface area (Å²) < 4.78 is 21.7. The summed E-state index contributed by atoms with van der Waals surface area (Å²) in [5.74, 6) is -2.77. The summed E-state index contributed by atoms with van der Waals surface area (Å²) >= 11 is 8.12. The lowest BCUT2D eigenvalue weighted by Crippen LogP contribution is -2.53. The molecule has 0 bridgehead atoms. The first kappa shape index (κ1) is 58.0. The Morgan fingerprint density at radius 3 is 1.48 bits per heavy atom. The Morgan fingerprint density at radius 2 is 1.03 bits per heavy atom. The summed E-state index contributed by atoms with van der Waals surface area (Å²) in [5.41, 5.74) is 5.59. The van der Waals surface area contributed by atoms with Crippen molar-refractivity contribution in [2.45, 2.75) is 95.6 Å². The van der Waals surface area contributed by atoms with E-state index in [1.165, 1.54) is 24.6 Å². The van der Waals surface area contributed by atoms with E-state index in [-0.39, 0.29) is 137 Å². The van der Waals surface area contributed by atoms with E-state index in [1.54, 1.807) is 10.8 Å². The number of hydrogen-bond donors (Lipinski definition) is 10. The lowest BCUT2D eigenvalue weighted by atomic mass is 10.1. The van der Waals surface area contributed by atoms with Crippen molar-refractivity contribution in [3.63, 3.8) is 0 Å². The SMILES string of the molecule is CC(=O)NC(CS)C(=O)NCCOCCOCCC(=O)NCCCCC(NC(=O)CCOCCOCCNC(=O)C(CS)NC(C)=O)C(=O)NC(CSSC(C)(C)C)C(N)=O. The third-order valence-corrected chi connectivity index (χ3v) is 11.7. The molecule has 0 radical (unpaired) electrons. The van der Waals surface area contributed by atoms with Crippen LogP contribution in [0, 0.1) is 0 Å².